The maximum Gasteiger partial charge on any atom is 0.159 e. The van der Waals surface area contributed by atoms with Crippen LogP contribution in [0.3, 0.4) is 0 Å². The lowest BCUT2D eigenvalue weighted by Crippen LogP contribution is -1.94. The number of carbonyl (C=O) groups excluding carboxylic acids is 1. The fraction of sp³-hybridized carbons (Fsp3) is 0.300. The van der Waals surface area contributed by atoms with Gasteiger partial charge in [0.1, 0.15) is 0 Å². The molecule has 0 atom stereocenters. The zero-order valence-electron chi connectivity index (χ0n) is 7.53. The lowest BCUT2D eigenvalue weighted by atomic mass is 10.1. The predicted molar refractivity (Wildman–Crippen MR) is 55.8 cm³/mol. The fourth-order valence-electron chi connectivity index (χ4n) is 1.14. The number of carbonyl (C=O) groups is 1. The summed E-state index contributed by atoms with van der Waals surface area (Å²) in [7, 11) is 0. The highest BCUT2D eigenvalue weighted by Crippen LogP contribution is 2.27. The molecule has 0 radical (unpaired) electrons. The van der Waals surface area contributed by atoms with Crippen molar-refractivity contribution in [3.63, 3.8) is 0 Å². The van der Waals surface area contributed by atoms with Crippen LogP contribution >= 0.6 is 23.2 Å². The molecule has 0 heterocycles. The van der Waals surface area contributed by atoms with E-state index in [9.17, 15) is 4.79 Å². The molecule has 0 unspecified atom stereocenters. The second kappa shape index (κ2) is 4.12. The Morgan fingerprint density at radius 3 is 2.08 bits per heavy atom. The summed E-state index contributed by atoms with van der Waals surface area (Å²) in [4.78, 5) is 11.0. The number of Topliss-reactive ketones (excluding diaryl/α,β-unsaturated/α-hetero) is 1. The van der Waals surface area contributed by atoms with Gasteiger partial charge in [0.05, 0.1) is 0 Å². The van der Waals surface area contributed by atoms with E-state index in [2.05, 4.69) is 0 Å². The van der Waals surface area contributed by atoms with Crippen LogP contribution < -0.4 is 0 Å². The Labute approximate surface area is 87.7 Å². The van der Waals surface area contributed by atoms with E-state index in [0.717, 1.165) is 12.0 Å². The number of benzene rings is 1. The first-order valence-corrected chi connectivity index (χ1v) is 4.80. The third kappa shape index (κ3) is 2.23. The van der Waals surface area contributed by atoms with E-state index in [-0.39, 0.29) is 5.78 Å². The van der Waals surface area contributed by atoms with Gasteiger partial charge in [-0.3, -0.25) is 4.79 Å². The quantitative estimate of drug-likeness (QED) is 0.689. The van der Waals surface area contributed by atoms with Crippen LogP contribution in [0.4, 0.5) is 0 Å². The van der Waals surface area contributed by atoms with Crippen LogP contribution in [0.2, 0.25) is 10.0 Å². The van der Waals surface area contributed by atoms with Crippen LogP contribution in [0.25, 0.3) is 0 Å². The molecule has 0 saturated carbocycles. The standard InChI is InChI=1S/C10H10Cl2O/c1-3-8-9(11)4-7(6(2)13)5-10(8)12/h4-5H,3H2,1-2H3. The van der Waals surface area contributed by atoms with Gasteiger partial charge in [-0.1, -0.05) is 30.1 Å². The number of halogens is 2. The van der Waals surface area contributed by atoms with Gasteiger partial charge < -0.3 is 0 Å². The highest BCUT2D eigenvalue weighted by atomic mass is 35.5. The highest BCUT2D eigenvalue weighted by Gasteiger charge is 2.08. The Morgan fingerprint density at radius 2 is 1.77 bits per heavy atom. The minimum atomic E-state index is -0.0218. The van der Waals surface area contributed by atoms with E-state index in [1.807, 2.05) is 6.92 Å². The first kappa shape index (κ1) is 10.6. The Kier molecular flexibility index (Phi) is 3.34. The molecule has 0 N–H and O–H groups in total. The average molecular weight is 217 g/mol. The summed E-state index contributed by atoms with van der Waals surface area (Å²) in [6, 6.07) is 3.32. The first-order chi connectivity index (χ1) is 6.06. The third-order valence-corrected chi connectivity index (χ3v) is 2.58. The van der Waals surface area contributed by atoms with Gasteiger partial charge in [-0.2, -0.15) is 0 Å². The summed E-state index contributed by atoms with van der Waals surface area (Å²) in [5.41, 5.74) is 1.46. The first-order valence-electron chi connectivity index (χ1n) is 4.05. The van der Waals surface area contributed by atoms with Gasteiger partial charge in [-0.05, 0) is 31.0 Å². The van der Waals surface area contributed by atoms with E-state index in [1.165, 1.54) is 6.92 Å². The highest BCUT2D eigenvalue weighted by molar-refractivity contribution is 6.36. The van der Waals surface area contributed by atoms with Crippen LogP contribution in [-0.2, 0) is 6.42 Å². The van der Waals surface area contributed by atoms with E-state index >= 15 is 0 Å². The van der Waals surface area contributed by atoms with Crippen molar-refractivity contribution in [1.29, 1.82) is 0 Å². The molecule has 0 aliphatic carbocycles. The predicted octanol–water partition coefficient (Wildman–Crippen LogP) is 3.76. The second-order valence-corrected chi connectivity index (χ2v) is 3.64. The van der Waals surface area contributed by atoms with E-state index in [1.54, 1.807) is 12.1 Å². The topological polar surface area (TPSA) is 17.1 Å². The molecule has 0 spiro atoms. The molecule has 0 aliphatic rings. The Hall–Kier alpha value is -0.530. The maximum absolute atomic E-state index is 11.0. The molecule has 3 heteroatoms. The minimum Gasteiger partial charge on any atom is -0.295 e. The third-order valence-electron chi connectivity index (χ3n) is 1.90. The molecule has 0 amide bonds. The molecule has 1 aromatic rings. The zero-order chi connectivity index (χ0) is 10.0. The van der Waals surface area contributed by atoms with Gasteiger partial charge in [-0.15, -0.1) is 0 Å². The zero-order valence-corrected chi connectivity index (χ0v) is 9.04. The van der Waals surface area contributed by atoms with Crippen molar-refractivity contribution in [1.82, 2.24) is 0 Å². The molecular formula is C10H10Cl2O. The molecule has 0 aliphatic heterocycles. The van der Waals surface area contributed by atoms with Gasteiger partial charge >= 0.3 is 0 Å². The van der Waals surface area contributed by atoms with Crippen LogP contribution in [0.5, 0.6) is 0 Å². The summed E-state index contributed by atoms with van der Waals surface area (Å²) >= 11 is 11.9. The second-order valence-electron chi connectivity index (χ2n) is 2.83. The maximum atomic E-state index is 11.0. The molecule has 1 nitrogen and oxygen atoms in total. The largest absolute Gasteiger partial charge is 0.295 e. The van der Waals surface area contributed by atoms with E-state index in [0.29, 0.717) is 15.6 Å². The van der Waals surface area contributed by atoms with Crippen molar-refractivity contribution in [3.8, 4) is 0 Å². The Balaban J connectivity index is 3.28. The molecule has 0 saturated heterocycles. The van der Waals surface area contributed by atoms with Gasteiger partial charge in [0.15, 0.2) is 5.78 Å². The normalized spacial score (nSPS) is 10.2. The Bertz CT molecular complexity index is 322. The van der Waals surface area contributed by atoms with Gasteiger partial charge in [0.2, 0.25) is 0 Å². The summed E-state index contributed by atoms with van der Waals surface area (Å²) in [5.74, 6) is -0.0218. The fourth-order valence-corrected chi connectivity index (χ4v) is 1.90. The van der Waals surface area contributed by atoms with Crippen molar-refractivity contribution in [2.75, 3.05) is 0 Å². The summed E-state index contributed by atoms with van der Waals surface area (Å²) in [6.07, 6.45) is 0.774. The summed E-state index contributed by atoms with van der Waals surface area (Å²) in [6.45, 7) is 3.47. The molecule has 1 aromatic carbocycles. The monoisotopic (exact) mass is 216 g/mol. The SMILES string of the molecule is CCc1c(Cl)cc(C(C)=O)cc1Cl. The summed E-state index contributed by atoms with van der Waals surface area (Å²) in [5, 5.41) is 1.14. The van der Waals surface area contributed by atoms with Gasteiger partial charge in [0, 0.05) is 15.6 Å². The van der Waals surface area contributed by atoms with Crippen molar-refractivity contribution in [3.05, 3.63) is 33.3 Å². The number of rotatable bonds is 2. The van der Waals surface area contributed by atoms with E-state index in [4.69, 9.17) is 23.2 Å². The molecule has 0 aromatic heterocycles. The van der Waals surface area contributed by atoms with Crippen LogP contribution in [0, 0.1) is 0 Å². The minimum absolute atomic E-state index is 0.0218. The molecule has 0 fully saturated rings. The average Bonchev–Trinajstić information content (AvgIpc) is 2.03. The number of hydrogen-bond acceptors (Lipinski definition) is 1. The Morgan fingerprint density at radius 1 is 1.31 bits per heavy atom. The van der Waals surface area contributed by atoms with Crippen LogP contribution in [0.15, 0.2) is 12.1 Å². The summed E-state index contributed by atoms with van der Waals surface area (Å²) < 4.78 is 0. The molecule has 70 valence electrons. The number of hydrogen-bond donors (Lipinski definition) is 0. The smallest absolute Gasteiger partial charge is 0.159 e. The molecule has 1 rings (SSSR count). The lowest BCUT2D eigenvalue weighted by molar-refractivity contribution is 0.101. The molecular weight excluding hydrogens is 207 g/mol. The van der Waals surface area contributed by atoms with Crippen molar-refractivity contribution >= 4 is 29.0 Å². The van der Waals surface area contributed by atoms with Gasteiger partial charge in [-0.25, -0.2) is 0 Å². The van der Waals surface area contributed by atoms with Crippen LogP contribution in [-0.4, -0.2) is 5.78 Å². The van der Waals surface area contributed by atoms with E-state index < -0.39 is 0 Å². The van der Waals surface area contributed by atoms with Crippen molar-refractivity contribution in [2.24, 2.45) is 0 Å². The van der Waals surface area contributed by atoms with Gasteiger partial charge in [0.25, 0.3) is 0 Å². The van der Waals surface area contributed by atoms with Crippen molar-refractivity contribution < 1.29 is 4.79 Å². The number of ketones is 1. The molecule has 13 heavy (non-hydrogen) atoms. The van der Waals surface area contributed by atoms with Crippen molar-refractivity contribution in [2.45, 2.75) is 20.3 Å². The molecule has 0 bridgehead atoms. The lowest BCUT2D eigenvalue weighted by Gasteiger charge is -2.05. The van der Waals surface area contributed by atoms with Crippen LogP contribution in [0.1, 0.15) is 29.8 Å².